The van der Waals surface area contributed by atoms with Crippen LogP contribution in [0.2, 0.25) is 0 Å². The summed E-state index contributed by atoms with van der Waals surface area (Å²) in [6.07, 6.45) is -3.12. The molecule has 2 heterocycles. The van der Waals surface area contributed by atoms with Crippen LogP contribution in [0.3, 0.4) is 0 Å². The summed E-state index contributed by atoms with van der Waals surface area (Å²) in [5.41, 5.74) is -1.02. The van der Waals surface area contributed by atoms with Crippen molar-refractivity contribution in [3.8, 4) is 11.4 Å². The van der Waals surface area contributed by atoms with Gasteiger partial charge in [-0.05, 0) is 24.3 Å². The van der Waals surface area contributed by atoms with Crippen molar-refractivity contribution in [1.29, 1.82) is 0 Å². The molecular formula is C23H19F3N6O3S2. The first kappa shape index (κ1) is 26.2. The monoisotopic (exact) mass is 548 g/mol. The molecule has 37 heavy (non-hydrogen) atoms. The fourth-order valence-corrected chi connectivity index (χ4v) is 4.63. The maximum absolute atomic E-state index is 13.4. The van der Waals surface area contributed by atoms with Gasteiger partial charge in [-0.3, -0.25) is 14.2 Å². The maximum atomic E-state index is 13.4. The van der Waals surface area contributed by atoms with Crippen LogP contribution in [0.15, 0.2) is 65.3 Å². The van der Waals surface area contributed by atoms with Crippen LogP contribution < -0.4 is 15.4 Å². The summed E-state index contributed by atoms with van der Waals surface area (Å²) in [6, 6.07) is 11.5. The summed E-state index contributed by atoms with van der Waals surface area (Å²) < 4.78 is 47.1. The highest BCUT2D eigenvalue weighted by molar-refractivity contribution is 7.99. The Hall–Kier alpha value is -3.91. The Morgan fingerprint density at radius 3 is 2.59 bits per heavy atom. The predicted octanol–water partition coefficient (Wildman–Crippen LogP) is 4.41. The van der Waals surface area contributed by atoms with E-state index < -0.39 is 23.2 Å². The standard InChI is InChI=1S/C23H19F3N6O3S2/c1-35-17-9-5-4-8-16(17)32-18(12-28-20(34)14-6-2-3-7-15(14)23(24,25)26)30-31-22(32)37-13-19(33)29-21-27-10-11-36-21/h2-11H,12-13H2,1H3,(H,28,34)(H,27,29,33). The Morgan fingerprint density at radius 2 is 1.86 bits per heavy atom. The van der Waals surface area contributed by atoms with Crippen molar-refractivity contribution in [3.05, 3.63) is 77.1 Å². The van der Waals surface area contributed by atoms with Crippen LogP contribution in [0, 0.1) is 0 Å². The van der Waals surface area contributed by atoms with Gasteiger partial charge in [0, 0.05) is 11.6 Å². The summed E-state index contributed by atoms with van der Waals surface area (Å²) in [7, 11) is 1.48. The molecular weight excluding hydrogens is 529 g/mol. The molecule has 0 aliphatic heterocycles. The number of amides is 2. The third kappa shape index (κ3) is 6.27. The third-order valence-electron chi connectivity index (χ3n) is 4.92. The quantitative estimate of drug-likeness (QED) is 0.298. The van der Waals surface area contributed by atoms with E-state index in [4.69, 9.17) is 4.74 Å². The maximum Gasteiger partial charge on any atom is 0.417 e. The largest absolute Gasteiger partial charge is 0.495 e. The smallest absolute Gasteiger partial charge is 0.417 e. The number of thioether (sulfide) groups is 1. The lowest BCUT2D eigenvalue weighted by Gasteiger charge is -2.15. The van der Waals surface area contributed by atoms with Gasteiger partial charge in [-0.25, -0.2) is 4.98 Å². The highest BCUT2D eigenvalue weighted by Crippen LogP contribution is 2.32. The lowest BCUT2D eigenvalue weighted by atomic mass is 10.1. The van der Waals surface area contributed by atoms with Gasteiger partial charge in [-0.1, -0.05) is 36.0 Å². The summed E-state index contributed by atoms with van der Waals surface area (Å²) in [5.74, 6) is -0.553. The second-order valence-corrected chi connectivity index (χ2v) is 9.14. The Balaban J connectivity index is 1.58. The molecule has 2 aromatic heterocycles. The van der Waals surface area contributed by atoms with E-state index in [1.54, 1.807) is 40.4 Å². The van der Waals surface area contributed by atoms with Gasteiger partial charge in [0.25, 0.3) is 5.91 Å². The fourth-order valence-electron chi connectivity index (χ4n) is 3.32. The Labute approximate surface area is 217 Å². The second-order valence-electron chi connectivity index (χ2n) is 7.31. The number of alkyl halides is 3. The average Bonchev–Trinajstić information content (AvgIpc) is 3.55. The van der Waals surface area contributed by atoms with Crippen LogP contribution >= 0.6 is 23.1 Å². The predicted molar refractivity (Wildman–Crippen MR) is 132 cm³/mol. The van der Waals surface area contributed by atoms with Crippen LogP contribution in [-0.2, 0) is 17.5 Å². The molecule has 0 aliphatic rings. The number of rotatable bonds is 9. The molecule has 0 saturated carbocycles. The number of carbonyl (C=O) groups is 2. The number of hydrogen-bond donors (Lipinski definition) is 2. The van der Waals surface area contributed by atoms with Crippen LogP contribution in [0.4, 0.5) is 18.3 Å². The van der Waals surface area contributed by atoms with Gasteiger partial charge in [0.05, 0.1) is 36.2 Å². The molecule has 2 amide bonds. The third-order valence-corrected chi connectivity index (χ3v) is 6.54. The minimum Gasteiger partial charge on any atom is -0.495 e. The lowest BCUT2D eigenvalue weighted by molar-refractivity contribution is -0.138. The van der Waals surface area contributed by atoms with Crippen molar-refractivity contribution in [2.24, 2.45) is 0 Å². The van der Waals surface area contributed by atoms with Crippen LogP contribution in [0.1, 0.15) is 21.7 Å². The van der Waals surface area contributed by atoms with Gasteiger partial charge >= 0.3 is 6.18 Å². The minimum atomic E-state index is -4.69. The van der Waals surface area contributed by atoms with Crippen molar-refractivity contribution >= 4 is 40.0 Å². The molecule has 0 bridgehead atoms. The van der Waals surface area contributed by atoms with Gasteiger partial charge in [0.15, 0.2) is 16.1 Å². The SMILES string of the molecule is COc1ccccc1-n1c(CNC(=O)c2ccccc2C(F)(F)F)nnc1SCC(=O)Nc1nccs1. The normalized spacial score (nSPS) is 11.2. The number of hydrogen-bond acceptors (Lipinski definition) is 8. The lowest BCUT2D eigenvalue weighted by Crippen LogP contribution is -2.27. The molecule has 0 spiro atoms. The number of nitrogens with one attached hydrogen (secondary N) is 2. The molecule has 4 aromatic rings. The zero-order valence-corrected chi connectivity index (χ0v) is 20.8. The first-order chi connectivity index (χ1) is 17.8. The number of anilines is 1. The number of aromatic nitrogens is 4. The molecule has 0 atom stereocenters. The topological polar surface area (TPSA) is 111 Å². The van der Waals surface area contributed by atoms with E-state index >= 15 is 0 Å². The molecule has 14 heteroatoms. The van der Waals surface area contributed by atoms with Crippen molar-refractivity contribution in [3.63, 3.8) is 0 Å². The highest BCUT2D eigenvalue weighted by Gasteiger charge is 2.35. The molecule has 0 radical (unpaired) electrons. The first-order valence-corrected chi connectivity index (χ1v) is 12.5. The number of para-hydroxylation sites is 2. The van der Waals surface area contributed by atoms with Gasteiger partial charge < -0.3 is 15.4 Å². The van der Waals surface area contributed by atoms with Crippen molar-refractivity contribution in [2.45, 2.75) is 17.9 Å². The number of nitrogens with zero attached hydrogens (tertiary/aromatic N) is 4. The number of benzene rings is 2. The Morgan fingerprint density at radius 1 is 1.11 bits per heavy atom. The molecule has 4 rings (SSSR count). The molecule has 0 unspecified atom stereocenters. The summed E-state index contributed by atoms with van der Waals surface area (Å²) in [4.78, 5) is 29.0. The van der Waals surface area contributed by atoms with E-state index in [1.165, 1.54) is 30.6 Å². The summed E-state index contributed by atoms with van der Waals surface area (Å²) in [6.45, 7) is -0.234. The van der Waals surface area contributed by atoms with Crippen LogP contribution in [0.5, 0.6) is 5.75 Å². The fraction of sp³-hybridized carbons (Fsp3) is 0.174. The molecule has 0 fully saturated rings. The number of carbonyl (C=O) groups excluding carboxylic acids is 2. The summed E-state index contributed by atoms with van der Waals surface area (Å²) >= 11 is 2.36. The Kier molecular flexibility index (Phi) is 8.08. The van der Waals surface area contributed by atoms with E-state index in [1.807, 2.05) is 0 Å². The van der Waals surface area contributed by atoms with E-state index in [0.29, 0.717) is 21.7 Å². The number of thiazole rings is 1. The second kappa shape index (κ2) is 11.4. The molecule has 0 aliphatic carbocycles. The zero-order valence-electron chi connectivity index (χ0n) is 19.2. The Bertz CT molecular complexity index is 1390. The van der Waals surface area contributed by atoms with Gasteiger partial charge in [0.2, 0.25) is 5.91 Å². The molecule has 0 saturated heterocycles. The van der Waals surface area contributed by atoms with Gasteiger partial charge in [0.1, 0.15) is 5.75 Å². The van der Waals surface area contributed by atoms with Gasteiger partial charge in [-0.15, -0.1) is 21.5 Å². The number of halogens is 3. The average molecular weight is 549 g/mol. The van der Waals surface area contributed by atoms with E-state index in [2.05, 4.69) is 25.8 Å². The molecule has 192 valence electrons. The number of methoxy groups -OCH3 is 1. The van der Waals surface area contributed by atoms with Crippen LogP contribution in [-0.4, -0.2) is 44.4 Å². The van der Waals surface area contributed by atoms with Crippen molar-refractivity contribution < 1.29 is 27.5 Å². The van der Waals surface area contributed by atoms with Crippen LogP contribution in [0.25, 0.3) is 5.69 Å². The van der Waals surface area contributed by atoms with Crippen molar-refractivity contribution in [1.82, 2.24) is 25.1 Å². The molecule has 2 N–H and O–H groups in total. The summed E-state index contributed by atoms with van der Waals surface area (Å²) in [5, 5.41) is 15.9. The van der Waals surface area contributed by atoms with Gasteiger partial charge in [-0.2, -0.15) is 13.2 Å². The van der Waals surface area contributed by atoms with E-state index in [0.717, 1.165) is 23.9 Å². The highest BCUT2D eigenvalue weighted by atomic mass is 32.2. The first-order valence-electron chi connectivity index (χ1n) is 10.6. The molecule has 2 aromatic carbocycles. The molecule has 9 nitrogen and oxygen atoms in total. The van der Waals surface area contributed by atoms with E-state index in [9.17, 15) is 22.8 Å². The zero-order chi connectivity index (χ0) is 26.4. The van der Waals surface area contributed by atoms with Crippen molar-refractivity contribution in [2.75, 3.05) is 18.2 Å². The number of ether oxygens (including phenoxy) is 1. The van der Waals surface area contributed by atoms with E-state index in [-0.39, 0.29) is 24.0 Å². The minimum absolute atomic E-state index is 0.0157.